The second-order valence-electron chi connectivity index (χ2n) is 10.7. The van der Waals surface area contributed by atoms with E-state index in [1.807, 2.05) is 12.1 Å². The molecule has 196 valence electrons. The molecule has 0 unspecified atom stereocenters. The van der Waals surface area contributed by atoms with Crippen LogP contribution in [0.25, 0.3) is 44.1 Å². The fourth-order valence-electron chi connectivity index (χ4n) is 5.77. The van der Waals surface area contributed by atoms with Crippen LogP contribution in [0.15, 0.2) is 78.9 Å². The monoisotopic (exact) mass is 521 g/mol. The first-order chi connectivity index (χ1) is 18.7. The van der Waals surface area contributed by atoms with Gasteiger partial charge >= 0.3 is 0 Å². The molecule has 5 aromatic rings. The highest BCUT2D eigenvalue weighted by molar-refractivity contribution is 6.30. The highest BCUT2D eigenvalue weighted by Crippen LogP contribution is 2.37. The first-order valence-corrected chi connectivity index (χ1v) is 15.0. The maximum absolute atomic E-state index is 6.27. The van der Waals surface area contributed by atoms with Gasteiger partial charge in [-0.2, -0.15) is 0 Å². The fraction of sp³-hybridized carbons (Fsp3) is 0.333. The van der Waals surface area contributed by atoms with Gasteiger partial charge in [0.25, 0.3) is 0 Å². The minimum absolute atomic E-state index is 0.793. The van der Waals surface area contributed by atoms with E-state index in [0.717, 1.165) is 17.9 Å². The normalized spacial score (nSPS) is 11.6. The molecule has 38 heavy (non-hydrogen) atoms. The molecule has 0 aliphatic heterocycles. The molecular weight excluding hydrogens is 482 g/mol. The molecule has 1 nitrogen and oxygen atoms in total. The van der Waals surface area contributed by atoms with E-state index in [4.69, 9.17) is 11.6 Å². The van der Waals surface area contributed by atoms with Crippen LogP contribution >= 0.6 is 11.6 Å². The third-order valence-electron chi connectivity index (χ3n) is 7.90. The van der Waals surface area contributed by atoms with Gasteiger partial charge in [-0.1, -0.05) is 113 Å². The summed E-state index contributed by atoms with van der Waals surface area (Å²) >= 11 is 6.27. The largest absolute Gasteiger partial charge is 0.355 e. The maximum atomic E-state index is 6.27. The van der Waals surface area contributed by atoms with Gasteiger partial charge in [0.05, 0.1) is 0 Å². The van der Waals surface area contributed by atoms with Gasteiger partial charge in [0.15, 0.2) is 0 Å². The number of aromatic nitrogens is 1. The molecule has 2 heteroatoms. The van der Waals surface area contributed by atoms with Crippen LogP contribution in [-0.2, 0) is 12.8 Å². The van der Waals surface area contributed by atoms with Crippen molar-refractivity contribution >= 4 is 33.4 Å². The van der Waals surface area contributed by atoms with Gasteiger partial charge in [0.1, 0.15) is 0 Å². The summed E-state index contributed by atoms with van der Waals surface area (Å²) in [5.41, 5.74) is 10.7. The lowest BCUT2D eigenvalue weighted by Crippen LogP contribution is -1.99. The number of fused-ring (bicyclic) bond motifs is 3. The molecule has 0 fully saturated rings. The van der Waals surface area contributed by atoms with Gasteiger partial charge in [0.2, 0.25) is 0 Å². The van der Waals surface area contributed by atoms with Crippen molar-refractivity contribution in [3.63, 3.8) is 0 Å². The van der Waals surface area contributed by atoms with Gasteiger partial charge < -0.3 is 4.98 Å². The van der Waals surface area contributed by atoms with Crippen molar-refractivity contribution in [2.24, 2.45) is 0 Å². The van der Waals surface area contributed by atoms with Crippen LogP contribution < -0.4 is 0 Å². The number of H-pyrrole nitrogens is 1. The number of benzene rings is 4. The predicted octanol–water partition coefficient (Wildman–Crippen LogP) is 11.6. The van der Waals surface area contributed by atoms with E-state index in [-0.39, 0.29) is 0 Å². The average molecular weight is 522 g/mol. The summed E-state index contributed by atoms with van der Waals surface area (Å²) in [4.78, 5) is 3.60. The molecule has 1 N–H and O–H groups in total. The lowest BCUT2D eigenvalue weighted by molar-refractivity contribution is 0.664. The molecule has 4 aromatic carbocycles. The van der Waals surface area contributed by atoms with E-state index in [0.29, 0.717) is 0 Å². The van der Waals surface area contributed by atoms with Gasteiger partial charge in [-0.25, -0.2) is 0 Å². The van der Waals surface area contributed by atoms with E-state index in [9.17, 15) is 0 Å². The Morgan fingerprint density at radius 2 is 1.13 bits per heavy atom. The Hall–Kier alpha value is -3.03. The number of hydrogen-bond donors (Lipinski definition) is 1. The summed E-state index contributed by atoms with van der Waals surface area (Å²) < 4.78 is 0. The molecule has 0 saturated carbocycles. The first kappa shape index (κ1) is 26.6. The molecule has 1 heterocycles. The van der Waals surface area contributed by atoms with Crippen LogP contribution in [0, 0.1) is 0 Å². The van der Waals surface area contributed by atoms with Gasteiger partial charge in [-0.15, -0.1) is 0 Å². The average Bonchev–Trinajstić information content (AvgIpc) is 3.32. The summed E-state index contributed by atoms with van der Waals surface area (Å²) in [7, 11) is 0. The van der Waals surface area contributed by atoms with E-state index < -0.39 is 0 Å². The van der Waals surface area contributed by atoms with Gasteiger partial charge in [0, 0.05) is 26.8 Å². The number of unbranched alkanes of at least 4 members (excludes halogenated alkanes) is 6. The Morgan fingerprint density at radius 3 is 1.79 bits per heavy atom. The Labute approximate surface area is 233 Å². The molecule has 0 bridgehead atoms. The summed E-state index contributed by atoms with van der Waals surface area (Å²) in [6.45, 7) is 4.57. The van der Waals surface area contributed by atoms with Gasteiger partial charge in [-0.05, 0) is 89.4 Å². The van der Waals surface area contributed by atoms with E-state index in [1.165, 1.54) is 107 Å². The zero-order valence-corrected chi connectivity index (χ0v) is 23.7. The molecule has 1 aromatic heterocycles. The zero-order valence-electron chi connectivity index (χ0n) is 23.0. The highest BCUT2D eigenvalue weighted by atomic mass is 35.5. The summed E-state index contributed by atoms with van der Waals surface area (Å²) in [6, 6.07) is 29.1. The Morgan fingerprint density at radius 1 is 0.553 bits per heavy atom. The maximum Gasteiger partial charge on any atom is 0.0465 e. The zero-order chi connectivity index (χ0) is 26.3. The van der Waals surface area contributed by atoms with E-state index in [2.05, 4.69) is 85.6 Å². The van der Waals surface area contributed by atoms with Gasteiger partial charge in [-0.3, -0.25) is 0 Å². The molecule has 0 atom stereocenters. The molecule has 0 aliphatic rings. The third-order valence-corrected chi connectivity index (χ3v) is 8.15. The minimum atomic E-state index is 0.793. The molecule has 0 spiro atoms. The van der Waals surface area contributed by atoms with Crippen LogP contribution in [0.4, 0.5) is 0 Å². The Balaban J connectivity index is 1.62. The smallest absolute Gasteiger partial charge is 0.0465 e. The van der Waals surface area contributed by atoms with Crippen molar-refractivity contribution in [1.82, 2.24) is 4.98 Å². The Kier molecular flexibility index (Phi) is 8.86. The molecular formula is C36H40ClN. The van der Waals surface area contributed by atoms with Crippen LogP contribution in [0.1, 0.15) is 76.3 Å². The number of hydrogen-bond acceptors (Lipinski definition) is 0. The quantitative estimate of drug-likeness (QED) is 0.157. The summed E-state index contributed by atoms with van der Waals surface area (Å²) in [5, 5.41) is 3.40. The number of aryl methyl sites for hydroxylation is 2. The standard InChI is InChI=1S/C36H40ClN/c1-3-5-7-9-13-27-24-33(29-19-22-36-34(25-29)31-15-11-12-16-35(31)38-36)28(14-10-8-6-4-2)23-32(27)26-17-20-30(37)21-18-26/h11-12,15-25,38H,3-10,13-14H2,1-2H3. The Bertz CT molecular complexity index is 1490. The minimum Gasteiger partial charge on any atom is -0.355 e. The van der Waals surface area contributed by atoms with Crippen molar-refractivity contribution in [1.29, 1.82) is 0 Å². The second kappa shape index (κ2) is 12.7. The summed E-state index contributed by atoms with van der Waals surface area (Å²) in [6.07, 6.45) is 12.4. The highest BCUT2D eigenvalue weighted by Gasteiger charge is 2.15. The number of nitrogens with one attached hydrogen (secondary N) is 1. The lowest BCUT2D eigenvalue weighted by Gasteiger charge is -2.18. The van der Waals surface area contributed by atoms with Crippen LogP contribution in [0.2, 0.25) is 5.02 Å². The fourth-order valence-corrected chi connectivity index (χ4v) is 5.90. The number of rotatable bonds is 12. The van der Waals surface area contributed by atoms with E-state index >= 15 is 0 Å². The van der Waals surface area contributed by atoms with Crippen LogP contribution in [0.3, 0.4) is 0 Å². The molecule has 0 saturated heterocycles. The molecule has 0 aliphatic carbocycles. The lowest BCUT2D eigenvalue weighted by atomic mass is 9.86. The predicted molar refractivity (Wildman–Crippen MR) is 167 cm³/mol. The third kappa shape index (κ3) is 6.00. The second-order valence-corrected chi connectivity index (χ2v) is 11.2. The molecule has 5 rings (SSSR count). The van der Waals surface area contributed by atoms with Crippen molar-refractivity contribution in [2.45, 2.75) is 78.1 Å². The SMILES string of the molecule is CCCCCCc1cc(-c2ccc3[nH]c4ccccc4c3c2)c(CCCCCC)cc1-c1ccc(Cl)cc1. The van der Waals surface area contributed by atoms with Crippen molar-refractivity contribution in [3.05, 3.63) is 95.0 Å². The number of aromatic amines is 1. The molecule has 0 amide bonds. The van der Waals surface area contributed by atoms with Crippen LogP contribution in [-0.4, -0.2) is 4.98 Å². The topological polar surface area (TPSA) is 15.8 Å². The van der Waals surface area contributed by atoms with Crippen molar-refractivity contribution in [2.75, 3.05) is 0 Å². The summed E-state index contributed by atoms with van der Waals surface area (Å²) in [5.74, 6) is 0. The van der Waals surface area contributed by atoms with Crippen molar-refractivity contribution < 1.29 is 0 Å². The number of halogens is 1. The van der Waals surface area contributed by atoms with E-state index in [1.54, 1.807) is 0 Å². The number of para-hydroxylation sites is 1. The molecule has 0 radical (unpaired) electrons. The first-order valence-electron chi connectivity index (χ1n) is 14.6. The van der Waals surface area contributed by atoms with Crippen LogP contribution in [0.5, 0.6) is 0 Å². The van der Waals surface area contributed by atoms with Crippen molar-refractivity contribution in [3.8, 4) is 22.3 Å².